The zero-order valence-electron chi connectivity index (χ0n) is 13.7. The molecular weight excluding hydrogens is 282 g/mol. The molecule has 0 fully saturated rings. The summed E-state index contributed by atoms with van der Waals surface area (Å²) in [6.07, 6.45) is 11.2. The van der Waals surface area contributed by atoms with Gasteiger partial charge in [-0.25, -0.2) is 0 Å². The summed E-state index contributed by atoms with van der Waals surface area (Å²) in [4.78, 5) is 7.01. The molecule has 23 heavy (non-hydrogen) atoms. The molecule has 3 nitrogen and oxygen atoms in total. The lowest BCUT2D eigenvalue weighted by atomic mass is 9.90. The van der Waals surface area contributed by atoms with Crippen LogP contribution < -0.4 is 10.2 Å². The third-order valence-corrected chi connectivity index (χ3v) is 4.87. The summed E-state index contributed by atoms with van der Waals surface area (Å²) < 4.78 is 0. The fourth-order valence-corrected chi connectivity index (χ4v) is 3.80. The molecule has 118 valence electrons. The Morgan fingerprint density at radius 3 is 2.48 bits per heavy atom. The van der Waals surface area contributed by atoms with Crippen LogP contribution in [0.5, 0.6) is 0 Å². The zero-order valence-corrected chi connectivity index (χ0v) is 13.7. The molecule has 0 aliphatic carbocycles. The number of hydrogen-bond acceptors (Lipinski definition) is 3. The third kappa shape index (κ3) is 2.83. The van der Waals surface area contributed by atoms with Crippen LogP contribution in [-0.4, -0.2) is 25.1 Å². The second-order valence-corrected chi connectivity index (χ2v) is 6.43. The van der Waals surface area contributed by atoms with E-state index < -0.39 is 0 Å². The van der Waals surface area contributed by atoms with Gasteiger partial charge in [-0.15, -0.1) is 0 Å². The van der Waals surface area contributed by atoms with Crippen LogP contribution in [0.2, 0.25) is 0 Å². The number of anilines is 2. The molecule has 1 aromatic carbocycles. The van der Waals surface area contributed by atoms with Crippen molar-refractivity contribution in [3.63, 3.8) is 0 Å². The molecule has 3 heteroatoms. The van der Waals surface area contributed by atoms with E-state index in [4.69, 9.17) is 0 Å². The van der Waals surface area contributed by atoms with Crippen LogP contribution in [0.25, 0.3) is 12.2 Å². The zero-order chi connectivity index (χ0) is 15.6. The van der Waals surface area contributed by atoms with E-state index in [1.165, 1.54) is 61.2 Å². The van der Waals surface area contributed by atoms with Crippen LogP contribution in [-0.2, 0) is 12.8 Å². The number of pyridine rings is 1. The number of rotatable bonds is 3. The summed E-state index contributed by atoms with van der Waals surface area (Å²) >= 11 is 0. The first kappa shape index (κ1) is 14.3. The molecule has 1 aromatic heterocycles. The van der Waals surface area contributed by atoms with Gasteiger partial charge >= 0.3 is 0 Å². The molecule has 0 saturated carbocycles. The average molecular weight is 305 g/mol. The number of aryl methyl sites for hydroxylation is 2. The molecule has 1 N–H and O–H groups in total. The fraction of sp³-hybridized carbons (Fsp3) is 0.350. The molecule has 2 aromatic rings. The molecule has 2 aliphatic heterocycles. The minimum absolute atomic E-state index is 0.991. The summed E-state index contributed by atoms with van der Waals surface area (Å²) in [5.41, 5.74) is 7.99. The Morgan fingerprint density at radius 2 is 1.78 bits per heavy atom. The van der Waals surface area contributed by atoms with Crippen LogP contribution in [0.1, 0.15) is 35.2 Å². The topological polar surface area (TPSA) is 28.2 Å². The number of nitrogens with one attached hydrogen (secondary N) is 1. The Balaban J connectivity index is 1.66. The molecule has 0 radical (unpaired) electrons. The van der Waals surface area contributed by atoms with Gasteiger partial charge in [0.1, 0.15) is 0 Å². The Bertz CT molecular complexity index is 717. The number of aromatic nitrogens is 1. The molecule has 0 unspecified atom stereocenters. The number of nitrogens with zero attached hydrogens (tertiary/aromatic N) is 2. The summed E-state index contributed by atoms with van der Waals surface area (Å²) in [5, 5.41) is 3.16. The van der Waals surface area contributed by atoms with Crippen molar-refractivity contribution in [3.8, 4) is 0 Å². The largest absolute Gasteiger partial charge is 0.388 e. The van der Waals surface area contributed by atoms with Gasteiger partial charge in [0, 0.05) is 37.7 Å². The van der Waals surface area contributed by atoms with Crippen molar-refractivity contribution in [1.29, 1.82) is 0 Å². The second-order valence-electron chi connectivity index (χ2n) is 6.43. The maximum absolute atomic E-state index is 4.42. The highest BCUT2D eigenvalue weighted by Gasteiger charge is 2.23. The van der Waals surface area contributed by atoms with Crippen LogP contribution in [0, 0.1) is 0 Å². The SMILES string of the molecule is CNc1ccnc(/C=C/c2cc3c4c(c2)CCCN4CCC3)c1. The lowest BCUT2D eigenvalue weighted by molar-refractivity contribution is 0.634. The van der Waals surface area contributed by atoms with Gasteiger partial charge in [-0.3, -0.25) is 4.98 Å². The van der Waals surface area contributed by atoms with E-state index in [0.29, 0.717) is 0 Å². The Hall–Kier alpha value is -2.29. The molecule has 2 aliphatic rings. The van der Waals surface area contributed by atoms with Gasteiger partial charge in [0.15, 0.2) is 0 Å². The number of hydrogen-bond donors (Lipinski definition) is 1. The highest BCUT2D eigenvalue weighted by atomic mass is 15.1. The van der Waals surface area contributed by atoms with E-state index in [9.17, 15) is 0 Å². The van der Waals surface area contributed by atoms with Crippen molar-refractivity contribution in [1.82, 2.24) is 4.98 Å². The molecule has 0 spiro atoms. The Kier molecular flexibility index (Phi) is 3.78. The van der Waals surface area contributed by atoms with E-state index in [-0.39, 0.29) is 0 Å². The third-order valence-electron chi connectivity index (χ3n) is 4.87. The Morgan fingerprint density at radius 1 is 1.04 bits per heavy atom. The van der Waals surface area contributed by atoms with Gasteiger partial charge in [-0.05, 0) is 72.7 Å². The van der Waals surface area contributed by atoms with Crippen molar-refractivity contribution in [2.45, 2.75) is 25.7 Å². The number of benzene rings is 1. The molecule has 0 amide bonds. The lowest BCUT2D eigenvalue weighted by Crippen LogP contribution is -2.34. The van der Waals surface area contributed by atoms with Gasteiger partial charge in [-0.2, -0.15) is 0 Å². The van der Waals surface area contributed by atoms with Gasteiger partial charge in [0.2, 0.25) is 0 Å². The lowest BCUT2D eigenvalue weighted by Gasteiger charge is -2.37. The van der Waals surface area contributed by atoms with Crippen LogP contribution in [0.15, 0.2) is 30.5 Å². The van der Waals surface area contributed by atoms with Gasteiger partial charge in [-0.1, -0.05) is 6.08 Å². The minimum Gasteiger partial charge on any atom is -0.388 e. The van der Waals surface area contributed by atoms with Crippen molar-refractivity contribution in [2.24, 2.45) is 0 Å². The highest BCUT2D eigenvalue weighted by Crippen LogP contribution is 2.36. The quantitative estimate of drug-likeness (QED) is 0.929. The maximum Gasteiger partial charge on any atom is 0.0650 e. The van der Waals surface area contributed by atoms with Crippen LogP contribution >= 0.6 is 0 Å². The molecule has 0 bridgehead atoms. The minimum atomic E-state index is 0.991. The van der Waals surface area contributed by atoms with E-state index in [1.54, 1.807) is 0 Å². The maximum atomic E-state index is 4.42. The molecule has 4 rings (SSSR count). The highest BCUT2D eigenvalue weighted by molar-refractivity contribution is 5.74. The van der Waals surface area contributed by atoms with Gasteiger partial charge < -0.3 is 10.2 Å². The van der Waals surface area contributed by atoms with E-state index in [1.807, 2.05) is 19.3 Å². The molecule has 0 saturated heterocycles. The molecule has 3 heterocycles. The van der Waals surface area contributed by atoms with Gasteiger partial charge in [0.25, 0.3) is 0 Å². The normalized spacial score (nSPS) is 16.5. The van der Waals surface area contributed by atoms with Crippen molar-refractivity contribution >= 4 is 23.5 Å². The van der Waals surface area contributed by atoms with E-state index in [0.717, 1.165) is 11.4 Å². The van der Waals surface area contributed by atoms with Gasteiger partial charge in [0.05, 0.1) is 5.69 Å². The van der Waals surface area contributed by atoms with Crippen molar-refractivity contribution in [2.75, 3.05) is 30.4 Å². The second kappa shape index (κ2) is 6.07. The summed E-state index contributed by atoms with van der Waals surface area (Å²) in [6, 6.07) is 8.79. The summed E-state index contributed by atoms with van der Waals surface area (Å²) in [5.74, 6) is 0. The van der Waals surface area contributed by atoms with Crippen molar-refractivity contribution < 1.29 is 0 Å². The smallest absolute Gasteiger partial charge is 0.0650 e. The first-order valence-corrected chi connectivity index (χ1v) is 8.56. The first-order valence-electron chi connectivity index (χ1n) is 8.56. The predicted molar refractivity (Wildman–Crippen MR) is 98.0 cm³/mol. The average Bonchev–Trinajstić information content (AvgIpc) is 2.61. The standard InChI is InChI=1S/C20H23N3/c1-21-18-8-9-22-19(14-18)7-6-15-12-16-4-2-10-23-11-3-5-17(13-15)20(16)23/h6-9,12-14H,2-5,10-11H2,1H3,(H,21,22)/b7-6+. The monoisotopic (exact) mass is 305 g/mol. The van der Waals surface area contributed by atoms with Crippen molar-refractivity contribution in [3.05, 3.63) is 52.8 Å². The first-order chi connectivity index (χ1) is 11.3. The van der Waals surface area contributed by atoms with Crippen LogP contribution in [0.3, 0.4) is 0 Å². The summed E-state index contributed by atoms with van der Waals surface area (Å²) in [7, 11) is 1.93. The van der Waals surface area contributed by atoms with E-state index >= 15 is 0 Å². The summed E-state index contributed by atoms with van der Waals surface area (Å²) in [6.45, 7) is 2.46. The van der Waals surface area contributed by atoms with Crippen LogP contribution in [0.4, 0.5) is 11.4 Å². The molecule has 0 atom stereocenters. The van der Waals surface area contributed by atoms with E-state index in [2.05, 4.69) is 45.6 Å². The predicted octanol–water partition coefficient (Wildman–Crippen LogP) is 3.99. The Labute approximate surface area is 138 Å². The fourth-order valence-electron chi connectivity index (χ4n) is 3.80. The molecular formula is C20H23N3.